The minimum absolute atomic E-state index is 0.0583. The lowest BCUT2D eigenvalue weighted by Crippen LogP contribution is -2.29. The molecule has 2 aromatic heterocycles. The fourth-order valence-corrected chi connectivity index (χ4v) is 12.4. The van der Waals surface area contributed by atoms with Crippen molar-refractivity contribution in [2.45, 2.75) is 11.8 Å². The zero-order valence-corrected chi connectivity index (χ0v) is 34.8. The highest BCUT2D eigenvalue weighted by Crippen LogP contribution is 2.60. The summed E-state index contributed by atoms with van der Waals surface area (Å²) >= 11 is 0. The Morgan fingerprint density at radius 3 is 1.36 bits per heavy atom. The van der Waals surface area contributed by atoms with Crippen molar-refractivity contribution in [3.8, 4) is 22.5 Å². The molecule has 2 bridgehead atoms. The third-order valence-electron chi connectivity index (χ3n) is 14.9. The van der Waals surface area contributed by atoms with Crippen molar-refractivity contribution in [3.63, 3.8) is 0 Å². The molecule has 3 aliphatic rings. The van der Waals surface area contributed by atoms with Crippen molar-refractivity contribution in [1.82, 2.24) is 9.13 Å². The SMILES string of the molecule is c1ccc(-n2c3ccccc3c3cccc(-c4ccc(-n5c6ccccc6c6cc7c8ccccc8c8ccccc8c7cc65)c5c4C4c6ccccc6C5c5ccccc54)c32)cc1. The third kappa shape index (κ3) is 4.39. The summed E-state index contributed by atoms with van der Waals surface area (Å²) in [4.78, 5) is 0. The van der Waals surface area contributed by atoms with Gasteiger partial charge in [-0.05, 0) is 114 Å². The third-order valence-corrected chi connectivity index (χ3v) is 14.9. The molecule has 0 N–H and O–H groups in total. The van der Waals surface area contributed by atoms with E-state index in [1.165, 1.54) is 132 Å². The molecule has 13 aromatic rings. The number of para-hydroxylation sites is 4. The summed E-state index contributed by atoms with van der Waals surface area (Å²) in [6.07, 6.45) is 0. The molecule has 0 saturated heterocycles. The van der Waals surface area contributed by atoms with Gasteiger partial charge in [0.25, 0.3) is 0 Å². The van der Waals surface area contributed by atoms with Crippen LogP contribution in [0.25, 0.3) is 98.4 Å². The predicted octanol–water partition coefficient (Wildman–Crippen LogP) is 16.0. The monoisotopic (exact) mass is 810 g/mol. The minimum atomic E-state index is 0.0583. The molecule has 0 radical (unpaired) electrons. The molecule has 0 fully saturated rings. The molecule has 0 spiro atoms. The van der Waals surface area contributed by atoms with E-state index in [1.807, 2.05) is 0 Å². The highest BCUT2D eigenvalue weighted by Gasteiger charge is 2.44. The number of hydrogen-bond acceptors (Lipinski definition) is 0. The number of aromatic nitrogens is 2. The van der Waals surface area contributed by atoms with Gasteiger partial charge in [-0.25, -0.2) is 0 Å². The maximum Gasteiger partial charge on any atom is 0.0619 e. The van der Waals surface area contributed by atoms with Gasteiger partial charge in [-0.3, -0.25) is 0 Å². The lowest BCUT2D eigenvalue weighted by atomic mass is 9.59. The van der Waals surface area contributed by atoms with E-state index in [1.54, 1.807) is 0 Å². The van der Waals surface area contributed by atoms with Crippen LogP contribution in [0.15, 0.2) is 218 Å². The van der Waals surface area contributed by atoms with Crippen LogP contribution < -0.4 is 0 Å². The van der Waals surface area contributed by atoms with Crippen LogP contribution >= 0.6 is 0 Å². The van der Waals surface area contributed by atoms with Gasteiger partial charge in [-0.2, -0.15) is 0 Å². The zero-order chi connectivity index (χ0) is 41.6. The van der Waals surface area contributed by atoms with Crippen LogP contribution in [0.5, 0.6) is 0 Å². The summed E-state index contributed by atoms with van der Waals surface area (Å²) in [7, 11) is 0. The van der Waals surface area contributed by atoms with Gasteiger partial charge in [-0.15, -0.1) is 0 Å². The van der Waals surface area contributed by atoms with Crippen LogP contribution in [0.4, 0.5) is 0 Å². The Hall–Kier alpha value is -8.20. The molecule has 0 unspecified atom stereocenters. The van der Waals surface area contributed by atoms with Crippen LogP contribution in [0.2, 0.25) is 0 Å². The Bertz CT molecular complexity index is 4100. The van der Waals surface area contributed by atoms with E-state index < -0.39 is 0 Å². The average Bonchev–Trinajstić information content (AvgIpc) is 3.88. The molecule has 3 aliphatic carbocycles. The molecule has 16 rings (SSSR count). The van der Waals surface area contributed by atoms with Gasteiger partial charge in [0.1, 0.15) is 0 Å². The van der Waals surface area contributed by atoms with Crippen LogP contribution in [0.1, 0.15) is 45.2 Å². The largest absolute Gasteiger partial charge is 0.309 e. The molecule has 0 aliphatic heterocycles. The van der Waals surface area contributed by atoms with Crippen LogP contribution in [-0.2, 0) is 0 Å². The fraction of sp³-hybridized carbons (Fsp3) is 0.0323. The molecule has 0 atom stereocenters. The maximum atomic E-state index is 2.62. The van der Waals surface area contributed by atoms with Crippen molar-refractivity contribution in [1.29, 1.82) is 0 Å². The van der Waals surface area contributed by atoms with Crippen LogP contribution in [-0.4, -0.2) is 9.13 Å². The number of nitrogens with zero attached hydrogens (tertiary/aromatic N) is 2. The van der Waals surface area contributed by atoms with E-state index in [0.717, 1.165) is 0 Å². The summed E-state index contributed by atoms with van der Waals surface area (Å²) < 4.78 is 5.11. The maximum absolute atomic E-state index is 2.62. The van der Waals surface area contributed by atoms with Crippen LogP contribution in [0, 0.1) is 0 Å². The second kappa shape index (κ2) is 12.7. The Kier molecular flexibility index (Phi) is 6.82. The fourth-order valence-electron chi connectivity index (χ4n) is 12.4. The smallest absolute Gasteiger partial charge is 0.0619 e. The average molecular weight is 811 g/mol. The normalized spacial score (nSPS) is 15.2. The van der Waals surface area contributed by atoms with Crippen molar-refractivity contribution in [3.05, 3.63) is 252 Å². The summed E-state index contributed by atoms with van der Waals surface area (Å²) in [5.41, 5.74) is 18.4. The molecule has 64 heavy (non-hydrogen) atoms. The highest BCUT2D eigenvalue weighted by atomic mass is 15.0. The number of rotatable bonds is 3. The minimum Gasteiger partial charge on any atom is -0.309 e. The first-order valence-electron chi connectivity index (χ1n) is 22.5. The summed E-state index contributed by atoms with van der Waals surface area (Å²) in [6.45, 7) is 0. The van der Waals surface area contributed by atoms with Gasteiger partial charge in [0.15, 0.2) is 0 Å². The van der Waals surface area contributed by atoms with Gasteiger partial charge >= 0.3 is 0 Å². The second-order valence-corrected chi connectivity index (χ2v) is 17.8. The first kappa shape index (κ1) is 34.4. The lowest BCUT2D eigenvalue weighted by Gasteiger charge is -2.44. The predicted molar refractivity (Wildman–Crippen MR) is 268 cm³/mol. The van der Waals surface area contributed by atoms with E-state index in [2.05, 4.69) is 228 Å². The Balaban J connectivity index is 1.11. The summed E-state index contributed by atoms with van der Waals surface area (Å²) in [5.74, 6) is 0.124. The molecule has 0 saturated carbocycles. The first-order chi connectivity index (χ1) is 31.8. The Labute approximate surface area is 369 Å². The number of benzene rings is 11. The summed E-state index contributed by atoms with van der Waals surface area (Å²) in [6, 6.07) is 82.2. The second-order valence-electron chi connectivity index (χ2n) is 17.8. The zero-order valence-electron chi connectivity index (χ0n) is 34.8. The van der Waals surface area contributed by atoms with E-state index >= 15 is 0 Å². The van der Waals surface area contributed by atoms with Gasteiger partial charge in [-0.1, -0.05) is 176 Å². The van der Waals surface area contributed by atoms with Gasteiger partial charge in [0.05, 0.1) is 27.8 Å². The molecule has 11 aromatic carbocycles. The topological polar surface area (TPSA) is 9.86 Å². The van der Waals surface area contributed by atoms with Crippen molar-refractivity contribution >= 4 is 75.9 Å². The molecule has 2 nitrogen and oxygen atoms in total. The van der Waals surface area contributed by atoms with Gasteiger partial charge in [0.2, 0.25) is 0 Å². The van der Waals surface area contributed by atoms with E-state index in [9.17, 15) is 0 Å². The van der Waals surface area contributed by atoms with E-state index in [0.29, 0.717) is 0 Å². The molecule has 2 heterocycles. The van der Waals surface area contributed by atoms with Gasteiger partial charge < -0.3 is 9.13 Å². The van der Waals surface area contributed by atoms with Crippen molar-refractivity contribution < 1.29 is 0 Å². The number of hydrogen-bond donors (Lipinski definition) is 0. The van der Waals surface area contributed by atoms with Crippen LogP contribution in [0.3, 0.4) is 0 Å². The Morgan fingerprint density at radius 1 is 0.266 bits per heavy atom. The Morgan fingerprint density at radius 2 is 0.734 bits per heavy atom. The highest BCUT2D eigenvalue weighted by molar-refractivity contribution is 6.29. The molecular weight excluding hydrogens is 773 g/mol. The summed E-state index contributed by atoms with van der Waals surface area (Å²) in [5, 5.41) is 12.8. The molecule has 2 heteroatoms. The lowest BCUT2D eigenvalue weighted by molar-refractivity contribution is 0.750. The van der Waals surface area contributed by atoms with E-state index in [4.69, 9.17) is 0 Å². The molecular formula is C62H38N2. The van der Waals surface area contributed by atoms with Gasteiger partial charge in [0, 0.05) is 44.6 Å². The quantitative estimate of drug-likeness (QED) is 0.157. The molecule has 296 valence electrons. The number of fused-ring (bicyclic) bond motifs is 12. The standard InChI is InChI=1S/C62H38N2/c1-2-17-37(18-3-1)63-54-31-14-12-23-42(54)49-29-16-30-50(62(49)63)48-33-34-56(61-59-46-27-10-8-25-44(46)58(60(48)61)45-26-9-11-28-47(45)59)64-55-32-15-13-24-43(55)53-35-51-40-21-6-4-19-38(40)39-20-5-7-22-41(39)52(51)36-57(53)64/h1-36,58-59H. The molecule has 0 amide bonds. The first-order valence-corrected chi connectivity index (χ1v) is 22.5. The van der Waals surface area contributed by atoms with Crippen molar-refractivity contribution in [2.24, 2.45) is 0 Å². The van der Waals surface area contributed by atoms with E-state index in [-0.39, 0.29) is 11.8 Å². The van der Waals surface area contributed by atoms with Crippen molar-refractivity contribution in [2.75, 3.05) is 0 Å².